The smallest absolute Gasteiger partial charge is 0.294 e. The summed E-state index contributed by atoms with van der Waals surface area (Å²) < 4.78 is 2.96. The van der Waals surface area contributed by atoms with Crippen LogP contribution in [0.3, 0.4) is 0 Å². The molecule has 0 amide bonds. The fraction of sp³-hybridized carbons (Fsp3) is 0.347. The topological polar surface area (TPSA) is 17.1 Å². The minimum atomic E-state index is 0.0287. The maximum Gasteiger partial charge on any atom is 0.357 e. The Bertz CT molecular complexity index is 2030. The molecule has 6 heteroatoms. The zero-order chi connectivity index (χ0) is 62.9. The van der Waals surface area contributed by atoms with Crippen LogP contribution in [0.4, 0.5) is 0 Å². The molecule has 0 heterocycles. The highest BCUT2D eigenvalue weighted by Crippen LogP contribution is 2.21. The summed E-state index contributed by atoms with van der Waals surface area (Å²) in [5.74, 6) is 0.304. The molecule has 0 N–H and O–H groups in total. The van der Waals surface area contributed by atoms with Crippen LogP contribution in [0.2, 0.25) is 0 Å². The monoisotopic (exact) mass is 1290 g/mol. The molecule has 8 aromatic carbocycles. The number of benzene rings is 8. The molecule has 0 aliphatic rings. The second kappa shape index (κ2) is 69.8. The van der Waals surface area contributed by atoms with E-state index in [9.17, 15) is 4.79 Å². The summed E-state index contributed by atoms with van der Waals surface area (Å²) >= 11 is 1.45. The molecule has 81 heavy (non-hydrogen) atoms. The third kappa shape index (κ3) is 48.8. The molecule has 0 saturated heterocycles. The summed E-state index contributed by atoms with van der Waals surface area (Å²) in [6, 6.07) is 85.0. The first kappa shape index (κ1) is 87.8. The summed E-state index contributed by atoms with van der Waals surface area (Å²) in [7, 11) is 0.666. The van der Waals surface area contributed by atoms with Gasteiger partial charge in [0.15, 0.2) is 37.8 Å². The van der Waals surface area contributed by atoms with Crippen molar-refractivity contribution in [3.63, 3.8) is 0 Å². The second-order valence-corrected chi connectivity index (χ2v) is 25.0. The molecular formula is C75H116IOS4+5. The predicted molar refractivity (Wildman–Crippen MR) is 382 cm³/mol. The van der Waals surface area contributed by atoms with Gasteiger partial charge in [-0.05, 0) is 127 Å². The van der Waals surface area contributed by atoms with E-state index in [0.29, 0.717) is 5.78 Å². The number of hydrogen-bond acceptors (Lipinski definition) is 1. The first-order valence-electron chi connectivity index (χ1n) is 29.5. The van der Waals surface area contributed by atoms with E-state index in [4.69, 9.17) is 0 Å². The SMILES string of the molecule is CC.CC.CC.CC.CC.CC.CC.CC.CC(=O)C(C)[S+](C)C.C[S+](c1ccccc1)c1ccccc1.C[S+](c1ccccc1)c1ccccc1.C[SH+]C.c1ccc(Cc2ccccc2)cc1.c1ccc([I+]c2ccccc2)cc1. The summed E-state index contributed by atoms with van der Waals surface area (Å²) in [5, 5.41) is 0.259. The molecule has 8 rings (SSSR count). The fourth-order valence-electron chi connectivity index (χ4n) is 5.61. The number of thiol groups is 1. The molecule has 1 nitrogen and oxygen atoms in total. The van der Waals surface area contributed by atoms with Gasteiger partial charge in [0.25, 0.3) is 0 Å². The molecule has 8 aromatic rings. The molecule has 0 radical (unpaired) electrons. The number of carbonyl (C=O) groups is 1. The van der Waals surface area contributed by atoms with E-state index >= 15 is 0 Å². The minimum Gasteiger partial charge on any atom is -0.294 e. The van der Waals surface area contributed by atoms with Gasteiger partial charge in [0.2, 0.25) is 0 Å². The number of ketones is 1. The standard InChI is InChI=1S/2C13H13S.C13H12.C12H10I.C6H13OS.C2H6S.8C2H6/c2*1-14(12-8-4-2-5-9-12)13-10-6-3-7-11-13;1-3-7-12(8-4-1)11-13-9-5-2-6-10-13;1-3-7-11(8-4-1)13-12-9-5-2-6-10-12;1-5(7)6(2)8(3)4;1-3-2;8*1-2/h2*2-11H,1H3;1-10H,11H2;1-10H;6H,1-4H3;1-2H3;8*1-2H3/q2*+1;;2*+1;;;;;;;;;/p+1. The lowest BCUT2D eigenvalue weighted by Crippen LogP contribution is -3.61. The Hall–Kier alpha value is -4.44. The average molecular weight is 1290 g/mol. The van der Waals surface area contributed by atoms with Crippen LogP contribution in [0, 0.1) is 7.14 Å². The van der Waals surface area contributed by atoms with Gasteiger partial charge in [-0.2, -0.15) is 0 Å². The van der Waals surface area contributed by atoms with E-state index in [2.05, 4.69) is 280 Å². The molecule has 0 saturated carbocycles. The number of Topliss-reactive ketones (excluding diaryl/α,β-unsaturated/α-hetero) is 1. The van der Waals surface area contributed by atoms with Crippen LogP contribution in [-0.4, -0.2) is 48.6 Å². The van der Waals surface area contributed by atoms with Crippen molar-refractivity contribution in [2.45, 2.75) is 156 Å². The Morgan fingerprint density at radius 3 is 0.679 bits per heavy atom. The third-order valence-electron chi connectivity index (χ3n) is 9.44. The van der Waals surface area contributed by atoms with E-state index in [1.54, 1.807) is 6.92 Å². The molecular weight excluding hydrogens is 1170 g/mol. The Balaban J connectivity index is -0.000000203. The molecule has 448 valence electrons. The van der Waals surface area contributed by atoms with Gasteiger partial charge in [0.05, 0.1) is 46.8 Å². The predicted octanol–water partition coefficient (Wildman–Crippen LogP) is 18.9. The van der Waals surface area contributed by atoms with Gasteiger partial charge >= 0.3 is 21.2 Å². The zero-order valence-electron chi connectivity index (χ0n) is 55.3. The maximum absolute atomic E-state index is 10.6. The second-order valence-electron chi connectivity index (χ2n) is 14.7. The van der Waals surface area contributed by atoms with Gasteiger partial charge in [-0.1, -0.05) is 281 Å². The molecule has 1 atom stereocenters. The molecule has 0 bridgehead atoms. The molecule has 0 spiro atoms. The highest BCUT2D eigenvalue weighted by Gasteiger charge is 2.20. The van der Waals surface area contributed by atoms with Crippen molar-refractivity contribution < 1.29 is 26.0 Å². The van der Waals surface area contributed by atoms with Crippen LogP contribution in [-0.2, 0) is 55.7 Å². The van der Waals surface area contributed by atoms with Crippen LogP contribution in [0.1, 0.15) is 136 Å². The summed E-state index contributed by atoms with van der Waals surface area (Å²) in [4.78, 5) is 16.2. The largest absolute Gasteiger partial charge is 0.357 e. The Kier molecular flexibility index (Phi) is 75.7. The highest BCUT2D eigenvalue weighted by atomic mass is 127. The van der Waals surface area contributed by atoms with Crippen molar-refractivity contribution in [2.75, 3.05) is 37.5 Å². The van der Waals surface area contributed by atoms with Crippen LogP contribution in [0.5, 0.6) is 0 Å². The minimum absolute atomic E-state index is 0.0287. The summed E-state index contributed by atoms with van der Waals surface area (Å²) in [6.45, 7) is 35.6. The quantitative estimate of drug-likeness (QED) is 0.0758. The van der Waals surface area contributed by atoms with Gasteiger partial charge in [-0.25, -0.2) is 0 Å². The van der Waals surface area contributed by atoms with E-state index in [1.165, 1.54) is 49.6 Å². The van der Waals surface area contributed by atoms with Crippen molar-refractivity contribution in [1.82, 2.24) is 0 Å². The lowest BCUT2D eigenvalue weighted by molar-refractivity contribution is -0.597. The zero-order valence-corrected chi connectivity index (χ0v) is 60.8. The van der Waals surface area contributed by atoms with Crippen molar-refractivity contribution in [3.05, 3.63) is 261 Å². The normalized spacial score (nSPS) is 8.98. The van der Waals surface area contributed by atoms with Crippen molar-refractivity contribution in [1.29, 1.82) is 0 Å². The summed E-state index contributed by atoms with van der Waals surface area (Å²) in [6.07, 6.45) is 13.9. The van der Waals surface area contributed by atoms with Crippen molar-refractivity contribution in [3.8, 4) is 0 Å². The van der Waals surface area contributed by atoms with Crippen LogP contribution < -0.4 is 21.2 Å². The third-order valence-corrected chi connectivity index (χ3v) is 17.8. The fourth-order valence-corrected chi connectivity index (χ4v) is 11.3. The van der Waals surface area contributed by atoms with Gasteiger partial charge in [-0.3, -0.25) is 4.79 Å². The number of rotatable bonds is 10. The number of halogens is 1. The number of hydrogen-bond donors (Lipinski definition) is 0. The lowest BCUT2D eigenvalue weighted by Gasteiger charge is -2.00. The highest BCUT2D eigenvalue weighted by molar-refractivity contribution is 7.97. The maximum atomic E-state index is 10.6. The molecule has 1 unspecified atom stereocenters. The lowest BCUT2D eigenvalue weighted by atomic mass is 10.1. The van der Waals surface area contributed by atoms with Gasteiger partial charge < -0.3 is 0 Å². The molecule has 0 fully saturated rings. The molecule has 0 aliphatic heterocycles. The molecule has 0 aromatic heterocycles. The van der Waals surface area contributed by atoms with Gasteiger partial charge in [0.1, 0.15) is 12.5 Å². The van der Waals surface area contributed by atoms with Gasteiger partial charge in [-0.15, -0.1) is 0 Å². The Labute approximate surface area is 526 Å². The van der Waals surface area contributed by atoms with E-state index in [0.717, 1.165) is 6.42 Å². The first-order valence-corrected chi connectivity index (χ1v) is 38.8. The number of carbonyl (C=O) groups excluding carboxylic acids is 1. The van der Waals surface area contributed by atoms with E-state index < -0.39 is 0 Å². The van der Waals surface area contributed by atoms with E-state index in [-0.39, 0.29) is 59.1 Å². The molecule has 0 aliphatic carbocycles. The van der Waals surface area contributed by atoms with Crippen LogP contribution in [0.15, 0.2) is 262 Å². The summed E-state index contributed by atoms with van der Waals surface area (Å²) in [5.41, 5.74) is 2.74. The van der Waals surface area contributed by atoms with Crippen molar-refractivity contribution in [2.24, 2.45) is 0 Å². The van der Waals surface area contributed by atoms with Crippen LogP contribution >= 0.6 is 0 Å². The van der Waals surface area contributed by atoms with E-state index in [1.807, 2.05) is 118 Å². The Morgan fingerprint density at radius 1 is 0.346 bits per heavy atom. The van der Waals surface area contributed by atoms with Crippen LogP contribution in [0.25, 0.3) is 0 Å². The average Bonchev–Trinajstić information content (AvgIpc) is 3.57. The van der Waals surface area contributed by atoms with Gasteiger partial charge in [0, 0.05) is 0 Å². The van der Waals surface area contributed by atoms with Crippen molar-refractivity contribution >= 4 is 50.2 Å². The Morgan fingerprint density at radius 2 is 0.519 bits per heavy atom. The first-order chi connectivity index (χ1) is 39.6.